The molecule has 0 saturated carbocycles. The van der Waals surface area contributed by atoms with Crippen LogP contribution in [-0.4, -0.2) is 24.4 Å². The first-order chi connectivity index (χ1) is 8.38. The molecule has 1 aromatic carbocycles. The van der Waals surface area contributed by atoms with Crippen LogP contribution in [0.5, 0.6) is 0 Å². The third-order valence-electron chi connectivity index (χ3n) is 3.06. The summed E-state index contributed by atoms with van der Waals surface area (Å²) < 4.78 is 1.03. The normalized spacial score (nSPS) is 11.4. The van der Waals surface area contributed by atoms with Gasteiger partial charge in [0.25, 0.3) is 0 Å². The van der Waals surface area contributed by atoms with Crippen LogP contribution in [0.15, 0.2) is 28.7 Å². The van der Waals surface area contributed by atoms with Gasteiger partial charge >= 0.3 is 0 Å². The van der Waals surface area contributed by atoms with Crippen molar-refractivity contribution >= 4 is 21.8 Å². The van der Waals surface area contributed by atoms with Gasteiger partial charge in [-0.15, -0.1) is 0 Å². The quantitative estimate of drug-likeness (QED) is 0.908. The van der Waals surface area contributed by atoms with E-state index in [0.717, 1.165) is 10.0 Å². The Kier molecular flexibility index (Phi) is 5.35. The summed E-state index contributed by atoms with van der Waals surface area (Å²) in [7, 11) is 1.83. The van der Waals surface area contributed by atoms with E-state index in [1.165, 1.54) is 0 Å². The molecule has 0 spiro atoms. The second-order valence-corrected chi connectivity index (χ2v) is 6.03. The molecule has 100 valence electrons. The maximum Gasteiger partial charge on any atom is 0.228 e. The molecule has 0 aliphatic rings. The molecule has 0 fully saturated rings. The summed E-state index contributed by atoms with van der Waals surface area (Å²) >= 11 is 3.50. The highest BCUT2D eigenvalue weighted by atomic mass is 79.9. The van der Waals surface area contributed by atoms with Crippen molar-refractivity contribution in [1.29, 1.82) is 0 Å². The monoisotopic (exact) mass is 312 g/mol. The van der Waals surface area contributed by atoms with Crippen molar-refractivity contribution in [3.63, 3.8) is 0 Å². The molecule has 3 nitrogen and oxygen atoms in total. The van der Waals surface area contributed by atoms with E-state index >= 15 is 0 Å². The second-order valence-electron chi connectivity index (χ2n) is 5.18. The van der Waals surface area contributed by atoms with Gasteiger partial charge in [-0.1, -0.05) is 48.0 Å². The number of hydrogen-bond donors (Lipinski definition) is 1. The van der Waals surface area contributed by atoms with Gasteiger partial charge in [0.1, 0.15) is 0 Å². The summed E-state index contributed by atoms with van der Waals surface area (Å²) in [4.78, 5) is 14.1. The van der Waals surface area contributed by atoms with Gasteiger partial charge < -0.3 is 10.6 Å². The molecule has 18 heavy (non-hydrogen) atoms. The Hall–Kier alpha value is -0.870. The molecule has 1 amide bonds. The maximum atomic E-state index is 12.3. The highest BCUT2D eigenvalue weighted by Crippen LogP contribution is 2.24. The minimum Gasteiger partial charge on any atom is -0.341 e. The predicted molar refractivity (Wildman–Crippen MR) is 78.1 cm³/mol. The number of halogens is 1. The molecule has 0 aromatic heterocycles. The van der Waals surface area contributed by atoms with Crippen molar-refractivity contribution in [2.24, 2.45) is 11.1 Å². The van der Waals surface area contributed by atoms with Crippen LogP contribution in [0, 0.1) is 5.41 Å². The van der Waals surface area contributed by atoms with Crippen LogP contribution in [-0.2, 0) is 11.3 Å². The van der Waals surface area contributed by atoms with Crippen molar-refractivity contribution in [1.82, 2.24) is 4.90 Å². The fraction of sp³-hybridized carbons (Fsp3) is 0.500. The van der Waals surface area contributed by atoms with Crippen LogP contribution >= 0.6 is 15.9 Å². The van der Waals surface area contributed by atoms with Gasteiger partial charge in [-0.25, -0.2) is 0 Å². The molecule has 4 heteroatoms. The van der Waals surface area contributed by atoms with Crippen LogP contribution in [0.3, 0.4) is 0 Å². The topological polar surface area (TPSA) is 46.3 Å². The summed E-state index contributed by atoms with van der Waals surface area (Å²) in [5.74, 6) is 0.128. The van der Waals surface area contributed by atoms with Crippen LogP contribution < -0.4 is 5.73 Å². The number of nitrogens with zero attached hydrogens (tertiary/aromatic N) is 1. The van der Waals surface area contributed by atoms with Crippen molar-refractivity contribution < 1.29 is 4.79 Å². The SMILES string of the molecule is CN(Cc1ccccc1Br)C(=O)C(C)(C)CCN. The van der Waals surface area contributed by atoms with Crippen LogP contribution in [0.25, 0.3) is 0 Å². The standard InChI is InChI=1S/C14H21BrN2O/c1-14(2,8-9-16)13(18)17(3)10-11-6-4-5-7-12(11)15/h4-7H,8-10,16H2,1-3H3. The molecule has 0 atom stereocenters. The third-order valence-corrected chi connectivity index (χ3v) is 3.83. The van der Waals surface area contributed by atoms with Crippen molar-refractivity contribution in [3.8, 4) is 0 Å². The zero-order valence-corrected chi connectivity index (χ0v) is 12.8. The highest BCUT2D eigenvalue weighted by molar-refractivity contribution is 9.10. The zero-order chi connectivity index (χ0) is 13.8. The Labute approximate surface area is 117 Å². The average Bonchev–Trinajstić information content (AvgIpc) is 2.31. The second kappa shape index (κ2) is 6.34. The lowest BCUT2D eigenvalue weighted by Gasteiger charge is -2.29. The molecule has 0 heterocycles. The molecule has 0 unspecified atom stereocenters. The number of carbonyl (C=O) groups is 1. The third kappa shape index (κ3) is 3.82. The van der Waals surface area contributed by atoms with E-state index in [4.69, 9.17) is 5.73 Å². The molecule has 0 bridgehead atoms. The van der Waals surface area contributed by atoms with Gasteiger partial charge in [0, 0.05) is 23.5 Å². The largest absolute Gasteiger partial charge is 0.341 e. The summed E-state index contributed by atoms with van der Waals surface area (Å²) in [6.45, 7) is 5.02. The minimum absolute atomic E-state index is 0.128. The average molecular weight is 313 g/mol. The Morgan fingerprint density at radius 2 is 2.00 bits per heavy atom. The van der Waals surface area contributed by atoms with Gasteiger partial charge in [-0.05, 0) is 24.6 Å². The smallest absolute Gasteiger partial charge is 0.228 e. The number of amides is 1. The van der Waals surface area contributed by atoms with Gasteiger partial charge in [0.15, 0.2) is 0 Å². The van der Waals surface area contributed by atoms with Crippen LogP contribution in [0.4, 0.5) is 0 Å². The van der Waals surface area contributed by atoms with E-state index < -0.39 is 5.41 Å². The first-order valence-corrected chi connectivity index (χ1v) is 6.87. The highest BCUT2D eigenvalue weighted by Gasteiger charge is 2.29. The maximum absolute atomic E-state index is 12.3. The molecule has 0 saturated heterocycles. The summed E-state index contributed by atoms with van der Waals surface area (Å²) in [6, 6.07) is 7.94. The summed E-state index contributed by atoms with van der Waals surface area (Å²) in [5.41, 5.74) is 6.26. The van der Waals surface area contributed by atoms with Crippen LogP contribution in [0.2, 0.25) is 0 Å². The van der Waals surface area contributed by atoms with E-state index in [1.807, 2.05) is 45.2 Å². The number of benzene rings is 1. The number of carbonyl (C=O) groups excluding carboxylic acids is 1. The molecular formula is C14H21BrN2O. The molecular weight excluding hydrogens is 292 g/mol. The fourth-order valence-electron chi connectivity index (χ4n) is 1.94. The molecule has 1 aromatic rings. The van der Waals surface area contributed by atoms with E-state index in [0.29, 0.717) is 19.5 Å². The van der Waals surface area contributed by atoms with Gasteiger partial charge in [0.05, 0.1) is 0 Å². The minimum atomic E-state index is -0.398. The lowest BCUT2D eigenvalue weighted by Crippen LogP contribution is -2.39. The zero-order valence-electron chi connectivity index (χ0n) is 11.2. The number of nitrogens with two attached hydrogens (primary N) is 1. The van der Waals surface area contributed by atoms with Gasteiger partial charge in [-0.2, -0.15) is 0 Å². The first kappa shape index (κ1) is 15.2. The van der Waals surface area contributed by atoms with E-state index in [-0.39, 0.29) is 5.91 Å². The molecule has 0 aliphatic heterocycles. The van der Waals surface area contributed by atoms with Gasteiger partial charge in [-0.3, -0.25) is 4.79 Å². The van der Waals surface area contributed by atoms with E-state index in [2.05, 4.69) is 15.9 Å². The van der Waals surface area contributed by atoms with Crippen LogP contribution in [0.1, 0.15) is 25.8 Å². The van der Waals surface area contributed by atoms with Crippen molar-refractivity contribution in [2.75, 3.05) is 13.6 Å². The molecule has 1 rings (SSSR count). The Morgan fingerprint density at radius 3 is 2.56 bits per heavy atom. The predicted octanol–water partition coefficient (Wildman–Crippen LogP) is 2.78. The molecule has 0 aliphatic carbocycles. The van der Waals surface area contributed by atoms with Crippen molar-refractivity contribution in [3.05, 3.63) is 34.3 Å². The lowest BCUT2D eigenvalue weighted by atomic mass is 9.87. The lowest BCUT2D eigenvalue weighted by molar-refractivity contribution is -0.139. The van der Waals surface area contributed by atoms with Gasteiger partial charge in [0.2, 0.25) is 5.91 Å². The summed E-state index contributed by atoms with van der Waals surface area (Å²) in [5, 5.41) is 0. The Morgan fingerprint density at radius 1 is 1.39 bits per heavy atom. The Balaban J connectivity index is 2.74. The molecule has 2 N–H and O–H groups in total. The first-order valence-electron chi connectivity index (χ1n) is 6.07. The van der Waals surface area contributed by atoms with E-state index in [1.54, 1.807) is 4.90 Å². The van der Waals surface area contributed by atoms with E-state index in [9.17, 15) is 4.79 Å². The summed E-state index contributed by atoms with van der Waals surface area (Å²) in [6.07, 6.45) is 0.701. The molecule has 0 radical (unpaired) electrons. The van der Waals surface area contributed by atoms with Crippen molar-refractivity contribution in [2.45, 2.75) is 26.8 Å². The number of hydrogen-bond acceptors (Lipinski definition) is 2. The Bertz CT molecular complexity index is 418. The fourth-order valence-corrected chi connectivity index (χ4v) is 2.35. The number of rotatable bonds is 5.